The molecule has 23 heavy (non-hydrogen) atoms. The number of rotatable bonds is 4. The van der Waals surface area contributed by atoms with Gasteiger partial charge in [-0.1, -0.05) is 56.1 Å². The summed E-state index contributed by atoms with van der Waals surface area (Å²) in [7, 11) is 0. The Labute approximate surface area is 155 Å². The highest BCUT2D eigenvalue weighted by atomic mass is 79.9. The fourth-order valence-electron chi connectivity index (χ4n) is 2.24. The Hall–Kier alpha value is -1.30. The van der Waals surface area contributed by atoms with Crippen molar-refractivity contribution in [1.29, 1.82) is 0 Å². The van der Waals surface area contributed by atoms with E-state index < -0.39 is 0 Å². The minimum atomic E-state index is -0.00889. The number of anilines is 1. The van der Waals surface area contributed by atoms with Crippen LogP contribution in [0.25, 0.3) is 10.8 Å². The van der Waals surface area contributed by atoms with E-state index in [1.807, 2.05) is 60.7 Å². The first kappa shape index (κ1) is 16.6. The van der Waals surface area contributed by atoms with Crippen molar-refractivity contribution in [2.75, 3.05) is 11.1 Å². The monoisotopic (exact) mass is 449 g/mol. The summed E-state index contributed by atoms with van der Waals surface area (Å²) in [5, 5.41) is 5.12. The van der Waals surface area contributed by atoms with Crippen molar-refractivity contribution >= 4 is 66.0 Å². The van der Waals surface area contributed by atoms with Crippen LogP contribution in [0.3, 0.4) is 0 Å². The fraction of sp³-hybridized carbons (Fsp3) is 0.0556. The van der Waals surface area contributed by atoms with Gasteiger partial charge in [0.05, 0.1) is 5.75 Å². The first-order valence-corrected chi connectivity index (χ1v) is 9.56. The molecular weight excluding hydrogens is 438 g/mol. The van der Waals surface area contributed by atoms with E-state index in [1.54, 1.807) is 0 Å². The zero-order valence-corrected chi connectivity index (χ0v) is 16.0. The Bertz CT molecular complexity index is 849. The second-order valence-electron chi connectivity index (χ2n) is 4.93. The highest BCUT2D eigenvalue weighted by Crippen LogP contribution is 2.30. The van der Waals surface area contributed by atoms with Gasteiger partial charge in [-0.3, -0.25) is 4.79 Å². The number of thioether (sulfide) groups is 1. The Morgan fingerprint density at radius 1 is 0.913 bits per heavy atom. The molecule has 0 unspecified atom stereocenters. The number of carbonyl (C=O) groups is 1. The Kier molecular flexibility index (Phi) is 5.41. The maximum Gasteiger partial charge on any atom is 0.234 e. The summed E-state index contributed by atoms with van der Waals surface area (Å²) >= 11 is 8.47. The van der Waals surface area contributed by atoms with Crippen LogP contribution in [0, 0.1) is 0 Å². The summed E-state index contributed by atoms with van der Waals surface area (Å²) in [6.45, 7) is 0. The molecule has 116 valence electrons. The summed E-state index contributed by atoms with van der Waals surface area (Å²) in [6.07, 6.45) is 0. The van der Waals surface area contributed by atoms with Gasteiger partial charge in [0.15, 0.2) is 0 Å². The van der Waals surface area contributed by atoms with Gasteiger partial charge in [-0.2, -0.15) is 0 Å². The van der Waals surface area contributed by atoms with Gasteiger partial charge < -0.3 is 5.32 Å². The molecule has 0 aromatic heterocycles. The van der Waals surface area contributed by atoms with Crippen LogP contribution in [0.1, 0.15) is 0 Å². The van der Waals surface area contributed by atoms with Gasteiger partial charge in [0.2, 0.25) is 5.91 Å². The van der Waals surface area contributed by atoms with Crippen LogP contribution in [-0.4, -0.2) is 11.7 Å². The topological polar surface area (TPSA) is 29.1 Å². The summed E-state index contributed by atoms with van der Waals surface area (Å²) < 4.78 is 2.06. The van der Waals surface area contributed by atoms with E-state index in [1.165, 1.54) is 11.8 Å². The zero-order valence-electron chi connectivity index (χ0n) is 12.1. The third-order valence-corrected chi connectivity index (χ3v) is 5.56. The number of nitrogens with one attached hydrogen (secondary N) is 1. The molecule has 3 rings (SSSR count). The van der Waals surface area contributed by atoms with Crippen molar-refractivity contribution in [3.05, 3.63) is 69.6 Å². The third kappa shape index (κ3) is 4.16. The normalized spacial score (nSPS) is 10.7. The third-order valence-electron chi connectivity index (χ3n) is 3.33. The van der Waals surface area contributed by atoms with E-state index in [0.29, 0.717) is 5.75 Å². The van der Waals surface area contributed by atoms with Crippen LogP contribution in [0.5, 0.6) is 0 Å². The molecule has 5 heteroatoms. The Balaban J connectivity index is 1.71. The van der Waals surface area contributed by atoms with Gasteiger partial charge in [-0.15, -0.1) is 11.8 Å². The van der Waals surface area contributed by atoms with Gasteiger partial charge in [0, 0.05) is 24.9 Å². The summed E-state index contributed by atoms with van der Waals surface area (Å²) in [4.78, 5) is 13.3. The van der Waals surface area contributed by atoms with Gasteiger partial charge in [0.1, 0.15) is 0 Å². The average molecular weight is 451 g/mol. The van der Waals surface area contributed by atoms with Crippen molar-refractivity contribution in [3.63, 3.8) is 0 Å². The first-order chi connectivity index (χ1) is 11.1. The predicted octanol–water partition coefficient (Wildman–Crippen LogP) is 6.10. The van der Waals surface area contributed by atoms with Crippen molar-refractivity contribution in [2.24, 2.45) is 0 Å². The number of halogens is 2. The predicted molar refractivity (Wildman–Crippen MR) is 105 cm³/mol. The maximum absolute atomic E-state index is 12.2. The minimum Gasteiger partial charge on any atom is -0.325 e. The molecule has 0 aliphatic rings. The van der Waals surface area contributed by atoms with Crippen LogP contribution < -0.4 is 5.32 Å². The van der Waals surface area contributed by atoms with Crippen LogP contribution in [0.15, 0.2) is 74.5 Å². The molecule has 0 saturated heterocycles. The number of amides is 1. The number of carbonyl (C=O) groups excluding carboxylic acids is 1. The van der Waals surface area contributed by atoms with Crippen molar-refractivity contribution in [2.45, 2.75) is 4.90 Å². The van der Waals surface area contributed by atoms with E-state index in [-0.39, 0.29) is 5.91 Å². The Morgan fingerprint density at radius 2 is 1.61 bits per heavy atom. The lowest BCUT2D eigenvalue weighted by Gasteiger charge is -2.10. The van der Waals surface area contributed by atoms with Crippen molar-refractivity contribution < 1.29 is 4.79 Å². The molecule has 3 aromatic carbocycles. The van der Waals surface area contributed by atoms with Gasteiger partial charge >= 0.3 is 0 Å². The second kappa shape index (κ2) is 7.51. The fourth-order valence-corrected chi connectivity index (χ4v) is 3.68. The lowest BCUT2D eigenvalue weighted by Crippen LogP contribution is -2.14. The Morgan fingerprint density at radius 3 is 2.35 bits per heavy atom. The SMILES string of the molecule is O=C(CSc1ccc(Br)cc1)Nc1ccc(Br)c2ccccc12. The molecule has 0 aliphatic carbocycles. The highest BCUT2D eigenvalue weighted by Gasteiger charge is 2.08. The van der Waals surface area contributed by atoms with Crippen LogP contribution in [0.4, 0.5) is 5.69 Å². The van der Waals surface area contributed by atoms with E-state index in [4.69, 9.17) is 0 Å². The standard InChI is InChI=1S/C18H13Br2NOS/c19-12-5-7-13(8-6-12)23-11-18(22)21-17-10-9-16(20)14-3-1-2-4-15(14)17/h1-10H,11H2,(H,21,22). The summed E-state index contributed by atoms with van der Waals surface area (Å²) in [5.41, 5.74) is 0.838. The molecule has 3 aromatic rings. The van der Waals surface area contributed by atoms with Crippen molar-refractivity contribution in [3.8, 4) is 0 Å². The summed E-state index contributed by atoms with van der Waals surface area (Å²) in [5.74, 6) is 0.372. The molecule has 1 N–H and O–H groups in total. The number of hydrogen-bond donors (Lipinski definition) is 1. The second-order valence-corrected chi connectivity index (χ2v) is 7.75. The molecule has 0 heterocycles. The van der Waals surface area contributed by atoms with Gasteiger partial charge in [-0.25, -0.2) is 0 Å². The molecule has 1 amide bonds. The first-order valence-electron chi connectivity index (χ1n) is 6.99. The molecule has 0 spiro atoms. The van der Waals surface area contributed by atoms with Gasteiger partial charge in [-0.05, 0) is 41.8 Å². The van der Waals surface area contributed by atoms with E-state index >= 15 is 0 Å². The molecule has 2 nitrogen and oxygen atoms in total. The molecular formula is C18H13Br2NOS. The smallest absolute Gasteiger partial charge is 0.234 e. The summed E-state index contributed by atoms with van der Waals surface area (Å²) in [6, 6.07) is 19.8. The van der Waals surface area contributed by atoms with Crippen LogP contribution in [0.2, 0.25) is 0 Å². The lowest BCUT2D eigenvalue weighted by molar-refractivity contribution is -0.113. The van der Waals surface area contributed by atoms with E-state index in [2.05, 4.69) is 37.2 Å². The van der Waals surface area contributed by atoms with Crippen LogP contribution >= 0.6 is 43.6 Å². The molecule has 0 atom stereocenters. The molecule has 0 radical (unpaired) electrons. The molecule has 0 bridgehead atoms. The van der Waals surface area contributed by atoms with E-state index in [0.717, 1.165) is 30.3 Å². The molecule has 0 saturated carbocycles. The molecule has 0 fully saturated rings. The van der Waals surface area contributed by atoms with E-state index in [9.17, 15) is 4.79 Å². The zero-order chi connectivity index (χ0) is 16.2. The molecule has 0 aliphatic heterocycles. The van der Waals surface area contributed by atoms with Crippen molar-refractivity contribution in [1.82, 2.24) is 0 Å². The largest absolute Gasteiger partial charge is 0.325 e. The quantitative estimate of drug-likeness (QED) is 0.487. The number of hydrogen-bond acceptors (Lipinski definition) is 2. The highest BCUT2D eigenvalue weighted by molar-refractivity contribution is 9.11. The van der Waals surface area contributed by atoms with Gasteiger partial charge in [0.25, 0.3) is 0 Å². The number of fused-ring (bicyclic) bond motifs is 1. The minimum absolute atomic E-state index is 0.00889. The lowest BCUT2D eigenvalue weighted by atomic mass is 10.1. The average Bonchev–Trinajstić information content (AvgIpc) is 2.57. The number of benzene rings is 3. The van der Waals surface area contributed by atoms with Crippen LogP contribution in [-0.2, 0) is 4.79 Å². The maximum atomic E-state index is 12.2.